The minimum atomic E-state index is -0.549. The van der Waals surface area contributed by atoms with Crippen molar-refractivity contribution >= 4 is 40.2 Å². The van der Waals surface area contributed by atoms with Crippen LogP contribution in [0.25, 0.3) is 28.0 Å². The lowest BCUT2D eigenvalue weighted by Crippen LogP contribution is -2.24. The molecule has 0 radical (unpaired) electrons. The third kappa shape index (κ3) is 8.95. The Balaban J connectivity index is 1.61. The Kier molecular flexibility index (Phi) is 12.6. The number of aliphatic hydroxyl groups is 1. The molecular formula is C33H43ClFN7O2S. The van der Waals surface area contributed by atoms with Crippen molar-refractivity contribution in [3.63, 3.8) is 0 Å². The van der Waals surface area contributed by atoms with Crippen LogP contribution in [0.2, 0.25) is 5.02 Å². The Bertz CT molecular complexity index is 1690. The van der Waals surface area contributed by atoms with Gasteiger partial charge in [-0.15, -0.1) is 11.8 Å². The highest BCUT2D eigenvalue weighted by Crippen LogP contribution is 2.33. The Morgan fingerprint density at radius 3 is 2.76 bits per heavy atom. The van der Waals surface area contributed by atoms with Gasteiger partial charge >= 0.3 is 5.69 Å². The molecule has 45 heavy (non-hydrogen) atoms. The zero-order valence-corrected chi connectivity index (χ0v) is 27.6. The number of nitrogens with zero attached hydrogens (tertiary/aromatic N) is 3. The molecule has 2 atom stereocenters. The minimum Gasteiger partial charge on any atom is -0.395 e. The molecule has 2 unspecified atom stereocenters. The lowest BCUT2D eigenvalue weighted by Gasteiger charge is -2.22. The molecule has 9 nitrogen and oxygen atoms in total. The number of aliphatic imine (C=N–C) groups is 1. The normalized spacial score (nSPS) is 13.4. The molecule has 0 saturated carbocycles. The molecule has 4 aromatic rings. The fourth-order valence-electron chi connectivity index (χ4n) is 5.37. The van der Waals surface area contributed by atoms with Crippen LogP contribution in [0, 0.1) is 5.82 Å². The van der Waals surface area contributed by atoms with Gasteiger partial charge in [-0.25, -0.2) is 9.18 Å². The molecule has 4 rings (SSSR count). The van der Waals surface area contributed by atoms with Gasteiger partial charge in [-0.1, -0.05) is 31.0 Å². The first-order chi connectivity index (χ1) is 21.6. The van der Waals surface area contributed by atoms with Crippen LogP contribution in [0.1, 0.15) is 63.1 Å². The summed E-state index contributed by atoms with van der Waals surface area (Å²) in [6.07, 6.45) is 8.65. The lowest BCUT2D eigenvalue weighted by atomic mass is 10.0. The van der Waals surface area contributed by atoms with Gasteiger partial charge in [-0.05, 0) is 93.3 Å². The molecule has 242 valence electrons. The van der Waals surface area contributed by atoms with Gasteiger partial charge in [-0.3, -0.25) is 9.56 Å². The van der Waals surface area contributed by atoms with Crippen LogP contribution in [0.3, 0.4) is 0 Å². The number of aromatic nitrogens is 3. The predicted octanol–water partition coefficient (Wildman–Crippen LogP) is 5.74. The smallest absolute Gasteiger partial charge is 0.354 e. The third-order valence-electron chi connectivity index (χ3n) is 7.70. The number of fused-ring (bicyclic) bond motifs is 1. The number of thioether (sulfide) groups is 1. The van der Waals surface area contributed by atoms with Crippen LogP contribution in [0.15, 0.2) is 57.3 Å². The fraction of sp³-hybridized carbons (Fsp3) is 0.424. The summed E-state index contributed by atoms with van der Waals surface area (Å²) < 4.78 is 16.7. The number of rotatable bonds is 16. The second-order valence-corrected chi connectivity index (χ2v) is 12.5. The van der Waals surface area contributed by atoms with E-state index >= 15 is 4.39 Å². The van der Waals surface area contributed by atoms with Gasteiger partial charge in [0.15, 0.2) is 5.82 Å². The highest BCUT2D eigenvalue weighted by atomic mass is 35.5. The maximum absolute atomic E-state index is 15.2. The summed E-state index contributed by atoms with van der Waals surface area (Å²) >= 11 is 7.90. The molecule has 7 N–H and O–H groups in total. The number of nitrogens with two attached hydrogens (primary N) is 2. The van der Waals surface area contributed by atoms with Gasteiger partial charge in [0, 0.05) is 40.7 Å². The van der Waals surface area contributed by atoms with E-state index in [4.69, 9.17) is 23.1 Å². The molecule has 0 amide bonds. The van der Waals surface area contributed by atoms with E-state index < -0.39 is 11.5 Å². The molecule has 0 aliphatic carbocycles. The summed E-state index contributed by atoms with van der Waals surface area (Å²) in [5.74, 6) is 0.0454. The lowest BCUT2D eigenvalue weighted by molar-refractivity contribution is 0.258. The first-order valence-corrected chi connectivity index (χ1v) is 16.9. The molecule has 0 fully saturated rings. The topological polar surface area (TPSA) is 147 Å². The molecular weight excluding hydrogens is 613 g/mol. The van der Waals surface area contributed by atoms with Gasteiger partial charge < -0.3 is 26.9 Å². The largest absolute Gasteiger partial charge is 0.395 e. The number of aromatic amines is 1. The highest BCUT2D eigenvalue weighted by molar-refractivity contribution is 7.98. The molecule has 2 aromatic heterocycles. The van der Waals surface area contributed by atoms with E-state index in [2.05, 4.69) is 33.3 Å². The molecule has 0 bridgehead atoms. The second-order valence-electron chi connectivity index (χ2n) is 11.3. The standard InChI is InChI=1S/C33H43ClFN7O2S/c1-4-7-28(39-13-6-12-38-20(2)36)25-11-10-24(17-30(25)45-3)42-18-22-16-29(40-32(22)41-33(42)44)26-14-21(15-27(34)31(26)35)8-5-9-23(37)19-43/h10-11,14-18,23,28,39,43H,4-9,12-13,19,37H2,1-3H3,(H2,36,38)(H,40,41,44). The zero-order chi connectivity index (χ0) is 32.5. The summed E-state index contributed by atoms with van der Waals surface area (Å²) in [6, 6.07) is 11.0. The fourth-order valence-corrected chi connectivity index (χ4v) is 6.30. The minimum absolute atomic E-state index is 0.0138. The quantitative estimate of drug-likeness (QED) is 0.0448. The zero-order valence-electron chi connectivity index (χ0n) is 26.1. The van der Waals surface area contributed by atoms with Crippen molar-refractivity contribution in [1.29, 1.82) is 0 Å². The Hall–Kier alpha value is -3.22. The second kappa shape index (κ2) is 16.4. The van der Waals surface area contributed by atoms with Crippen molar-refractivity contribution in [1.82, 2.24) is 19.9 Å². The average molecular weight is 656 g/mol. The van der Waals surface area contributed by atoms with Crippen LogP contribution in [0.4, 0.5) is 4.39 Å². The van der Waals surface area contributed by atoms with Gasteiger partial charge in [0.2, 0.25) is 0 Å². The van der Waals surface area contributed by atoms with Crippen molar-refractivity contribution in [2.45, 2.75) is 69.4 Å². The number of amidine groups is 1. The SMILES string of the molecule is CCCC(NCCCN=C(C)N)c1ccc(-n2cc3cc(-c4cc(CCCC(N)CO)cc(Cl)c4F)[nH]c3nc2=O)cc1SC. The van der Waals surface area contributed by atoms with Crippen molar-refractivity contribution in [2.75, 3.05) is 26.0 Å². The number of hydrogen-bond donors (Lipinski definition) is 5. The first kappa shape index (κ1) is 34.6. The van der Waals surface area contributed by atoms with Crippen molar-refractivity contribution < 1.29 is 9.50 Å². The number of nitrogens with one attached hydrogen (secondary N) is 2. The van der Waals surface area contributed by atoms with Crippen LogP contribution in [-0.4, -0.2) is 57.5 Å². The van der Waals surface area contributed by atoms with Gasteiger partial charge in [0.25, 0.3) is 0 Å². The Labute approximate surface area is 272 Å². The summed E-state index contributed by atoms with van der Waals surface area (Å²) in [5.41, 5.74) is 14.9. The van der Waals surface area contributed by atoms with Gasteiger partial charge in [0.1, 0.15) is 5.65 Å². The van der Waals surface area contributed by atoms with Crippen molar-refractivity contribution in [2.24, 2.45) is 16.5 Å². The van der Waals surface area contributed by atoms with E-state index in [-0.39, 0.29) is 23.7 Å². The third-order valence-corrected chi connectivity index (χ3v) is 8.76. The predicted molar refractivity (Wildman–Crippen MR) is 184 cm³/mol. The van der Waals surface area contributed by atoms with E-state index in [1.165, 1.54) is 10.1 Å². The molecule has 2 heterocycles. The molecule has 12 heteroatoms. The highest BCUT2D eigenvalue weighted by Gasteiger charge is 2.18. The van der Waals surface area contributed by atoms with Crippen molar-refractivity contribution in [3.05, 3.63) is 75.0 Å². The van der Waals surface area contributed by atoms with Crippen molar-refractivity contribution in [3.8, 4) is 16.9 Å². The maximum atomic E-state index is 15.2. The van der Waals surface area contributed by atoms with Gasteiger partial charge in [0.05, 0.1) is 28.8 Å². The van der Waals surface area contributed by atoms with Crippen LogP contribution in [0.5, 0.6) is 0 Å². The molecule has 0 aliphatic heterocycles. The summed E-state index contributed by atoms with van der Waals surface area (Å²) in [5, 5.41) is 13.5. The summed E-state index contributed by atoms with van der Waals surface area (Å²) in [6.45, 7) is 5.39. The summed E-state index contributed by atoms with van der Waals surface area (Å²) in [7, 11) is 0. The molecule has 2 aromatic carbocycles. The van der Waals surface area contributed by atoms with E-state index in [1.54, 1.807) is 43.1 Å². The number of aliphatic hydroxyl groups excluding tert-OH is 1. The first-order valence-electron chi connectivity index (χ1n) is 15.3. The van der Waals surface area contributed by atoms with E-state index in [0.717, 1.165) is 42.7 Å². The number of benzene rings is 2. The van der Waals surface area contributed by atoms with E-state index in [0.29, 0.717) is 53.2 Å². The van der Waals surface area contributed by atoms with E-state index in [9.17, 15) is 9.90 Å². The molecule has 0 spiro atoms. The van der Waals surface area contributed by atoms with Gasteiger partial charge in [-0.2, -0.15) is 4.98 Å². The Morgan fingerprint density at radius 2 is 2.04 bits per heavy atom. The number of H-pyrrole nitrogens is 1. The van der Waals surface area contributed by atoms with Crippen LogP contribution in [-0.2, 0) is 6.42 Å². The van der Waals surface area contributed by atoms with Crippen LogP contribution >= 0.6 is 23.4 Å². The molecule has 0 aliphatic rings. The number of hydrogen-bond acceptors (Lipinski definition) is 7. The molecule has 0 saturated heterocycles. The number of aryl methyl sites for hydroxylation is 1. The summed E-state index contributed by atoms with van der Waals surface area (Å²) in [4.78, 5) is 25.9. The monoisotopic (exact) mass is 655 g/mol. The Morgan fingerprint density at radius 1 is 1.24 bits per heavy atom. The maximum Gasteiger partial charge on any atom is 0.354 e. The van der Waals surface area contributed by atoms with E-state index in [1.807, 2.05) is 18.4 Å². The average Bonchev–Trinajstić information content (AvgIpc) is 3.43. The number of halogens is 2. The van der Waals surface area contributed by atoms with Crippen LogP contribution < -0.4 is 22.5 Å².